The lowest BCUT2D eigenvalue weighted by atomic mass is 10.1. The van der Waals surface area contributed by atoms with E-state index in [0.717, 1.165) is 22.0 Å². The first-order chi connectivity index (χ1) is 13.2. The molecule has 1 aromatic carbocycles. The molecule has 0 fully saturated rings. The largest absolute Gasteiger partial charge is 0.461 e. The number of furan rings is 1. The Kier molecular flexibility index (Phi) is 4.80. The number of aromatic nitrogens is 3. The van der Waals surface area contributed by atoms with Crippen molar-refractivity contribution in [3.05, 3.63) is 58.9 Å². The molecule has 1 N–H and O–H groups in total. The third-order valence-corrected chi connectivity index (χ3v) is 4.63. The number of thiazole rings is 1. The Morgan fingerprint density at radius 2 is 2.04 bits per heavy atom. The van der Waals surface area contributed by atoms with Crippen LogP contribution >= 0.6 is 11.3 Å². The Bertz CT molecular complexity index is 1040. The molecule has 0 radical (unpaired) electrons. The highest BCUT2D eigenvalue weighted by molar-refractivity contribution is 7.09. The van der Waals surface area contributed by atoms with Gasteiger partial charge in [-0.25, -0.2) is 4.98 Å². The zero-order valence-corrected chi connectivity index (χ0v) is 15.3. The summed E-state index contributed by atoms with van der Waals surface area (Å²) in [6, 6.07) is 11.1. The lowest BCUT2D eigenvalue weighted by Gasteiger charge is -2.05. The summed E-state index contributed by atoms with van der Waals surface area (Å²) in [6.45, 7) is 1.98. The molecule has 4 rings (SSSR count). The molecule has 0 saturated heterocycles. The summed E-state index contributed by atoms with van der Waals surface area (Å²) in [5.41, 5.74) is 2.70. The first-order valence-corrected chi connectivity index (χ1v) is 9.24. The van der Waals surface area contributed by atoms with Crippen molar-refractivity contribution in [1.82, 2.24) is 15.1 Å². The number of nitrogens with one attached hydrogen (secondary N) is 1. The van der Waals surface area contributed by atoms with Crippen LogP contribution in [0.25, 0.3) is 22.8 Å². The fraction of sp³-hybridized carbons (Fsp3) is 0.158. The van der Waals surface area contributed by atoms with Gasteiger partial charge in [0.05, 0.1) is 17.0 Å². The highest BCUT2D eigenvalue weighted by Gasteiger charge is 2.12. The number of amides is 1. The second-order valence-electron chi connectivity index (χ2n) is 5.87. The first kappa shape index (κ1) is 17.2. The zero-order valence-electron chi connectivity index (χ0n) is 14.5. The number of nitrogens with zero attached hydrogens (tertiary/aromatic N) is 3. The maximum atomic E-state index is 12.1. The minimum Gasteiger partial charge on any atom is -0.461 e. The minimum atomic E-state index is -0.120. The van der Waals surface area contributed by atoms with Crippen LogP contribution in [0, 0.1) is 6.92 Å². The number of hydrogen-bond acceptors (Lipinski definition) is 7. The number of aryl methyl sites for hydroxylation is 2. The first-order valence-electron chi connectivity index (χ1n) is 8.36. The Hall–Kier alpha value is -3.26. The van der Waals surface area contributed by atoms with E-state index < -0.39 is 0 Å². The summed E-state index contributed by atoms with van der Waals surface area (Å²) < 4.78 is 10.4. The number of hydrogen-bond donors (Lipinski definition) is 1. The summed E-state index contributed by atoms with van der Waals surface area (Å²) >= 11 is 1.61. The lowest BCUT2D eigenvalue weighted by molar-refractivity contribution is -0.116. The highest BCUT2D eigenvalue weighted by Crippen LogP contribution is 2.23. The van der Waals surface area contributed by atoms with Crippen LogP contribution in [0.5, 0.6) is 0 Å². The monoisotopic (exact) mass is 380 g/mol. The number of carbonyl (C=O) groups is 1. The molecule has 8 heteroatoms. The molecule has 1 amide bonds. The van der Waals surface area contributed by atoms with Gasteiger partial charge < -0.3 is 14.3 Å². The van der Waals surface area contributed by atoms with E-state index in [0.29, 0.717) is 23.9 Å². The van der Waals surface area contributed by atoms with Crippen molar-refractivity contribution in [2.75, 3.05) is 5.32 Å². The summed E-state index contributed by atoms with van der Waals surface area (Å²) in [7, 11) is 0. The number of carbonyl (C=O) groups excluding carboxylic acids is 1. The Balaban J connectivity index is 1.31. The van der Waals surface area contributed by atoms with Crippen molar-refractivity contribution in [1.29, 1.82) is 0 Å². The van der Waals surface area contributed by atoms with E-state index in [1.807, 2.05) is 36.6 Å². The lowest BCUT2D eigenvalue weighted by Crippen LogP contribution is -2.12. The number of anilines is 1. The van der Waals surface area contributed by atoms with Gasteiger partial charge in [0.15, 0.2) is 5.76 Å². The van der Waals surface area contributed by atoms with Crippen LogP contribution in [0.2, 0.25) is 0 Å². The second kappa shape index (κ2) is 7.55. The fourth-order valence-corrected chi connectivity index (χ4v) is 3.15. The number of rotatable bonds is 6. The topological polar surface area (TPSA) is 94.1 Å². The molecule has 0 atom stereocenters. The summed E-state index contributed by atoms with van der Waals surface area (Å²) in [6.07, 6.45) is 2.14. The van der Waals surface area contributed by atoms with Gasteiger partial charge in [-0.05, 0) is 31.2 Å². The predicted molar refractivity (Wildman–Crippen MR) is 101 cm³/mol. The van der Waals surface area contributed by atoms with E-state index in [1.165, 1.54) is 0 Å². The van der Waals surface area contributed by atoms with Gasteiger partial charge in [-0.15, -0.1) is 11.3 Å². The minimum absolute atomic E-state index is 0.120. The van der Waals surface area contributed by atoms with Crippen molar-refractivity contribution in [3.8, 4) is 22.8 Å². The van der Waals surface area contributed by atoms with Gasteiger partial charge in [-0.3, -0.25) is 4.79 Å². The maximum absolute atomic E-state index is 12.1. The van der Waals surface area contributed by atoms with E-state index in [2.05, 4.69) is 20.4 Å². The van der Waals surface area contributed by atoms with Gasteiger partial charge in [-0.2, -0.15) is 4.98 Å². The smallest absolute Gasteiger partial charge is 0.238 e. The van der Waals surface area contributed by atoms with Crippen LogP contribution in [0.1, 0.15) is 17.3 Å². The molecule has 0 unspecified atom stereocenters. The molecule has 0 aliphatic heterocycles. The molecule has 136 valence electrons. The molecule has 0 saturated carbocycles. The van der Waals surface area contributed by atoms with Gasteiger partial charge in [0.2, 0.25) is 17.6 Å². The quantitative estimate of drug-likeness (QED) is 0.535. The van der Waals surface area contributed by atoms with Crippen molar-refractivity contribution in [3.63, 3.8) is 0 Å². The van der Waals surface area contributed by atoms with Gasteiger partial charge in [0, 0.05) is 29.5 Å². The third kappa shape index (κ3) is 4.12. The van der Waals surface area contributed by atoms with Crippen LogP contribution in [0.3, 0.4) is 0 Å². The van der Waals surface area contributed by atoms with Gasteiger partial charge in [0.25, 0.3) is 0 Å². The molecule has 0 aliphatic carbocycles. The van der Waals surface area contributed by atoms with Gasteiger partial charge >= 0.3 is 0 Å². The van der Waals surface area contributed by atoms with Crippen molar-refractivity contribution in [2.24, 2.45) is 0 Å². The molecule has 0 spiro atoms. The molecular weight excluding hydrogens is 364 g/mol. The Morgan fingerprint density at radius 1 is 1.19 bits per heavy atom. The second-order valence-corrected chi connectivity index (χ2v) is 6.93. The van der Waals surface area contributed by atoms with E-state index in [9.17, 15) is 4.79 Å². The van der Waals surface area contributed by atoms with Crippen LogP contribution in [0.15, 0.2) is 57.0 Å². The van der Waals surface area contributed by atoms with Crippen LogP contribution in [0.4, 0.5) is 5.69 Å². The van der Waals surface area contributed by atoms with E-state index in [-0.39, 0.29) is 12.3 Å². The van der Waals surface area contributed by atoms with Crippen molar-refractivity contribution in [2.45, 2.75) is 19.8 Å². The molecular formula is C19H16N4O3S. The molecule has 4 aromatic rings. The summed E-state index contributed by atoms with van der Waals surface area (Å²) in [5.74, 6) is 1.18. The van der Waals surface area contributed by atoms with Crippen molar-refractivity contribution < 1.29 is 13.7 Å². The normalized spacial score (nSPS) is 10.9. The van der Waals surface area contributed by atoms with Crippen LogP contribution in [-0.4, -0.2) is 21.0 Å². The molecule has 27 heavy (non-hydrogen) atoms. The van der Waals surface area contributed by atoms with Gasteiger partial charge in [0.1, 0.15) is 0 Å². The zero-order chi connectivity index (χ0) is 18.6. The SMILES string of the molecule is Cc1nc(-c2ccc(NC(=O)CCc3nc(-c4ccco4)no3)cc2)cs1. The van der Waals surface area contributed by atoms with Crippen LogP contribution < -0.4 is 5.32 Å². The molecule has 7 nitrogen and oxygen atoms in total. The van der Waals surface area contributed by atoms with E-state index in [4.69, 9.17) is 8.94 Å². The molecule has 3 aromatic heterocycles. The number of benzene rings is 1. The molecule has 0 bridgehead atoms. The van der Waals surface area contributed by atoms with E-state index >= 15 is 0 Å². The standard InChI is InChI=1S/C19H16N4O3S/c1-12-20-15(11-27-12)13-4-6-14(7-5-13)21-17(24)8-9-18-22-19(23-26-18)16-3-2-10-25-16/h2-7,10-11H,8-9H2,1H3,(H,21,24). The average Bonchev–Trinajstić information content (AvgIpc) is 3.42. The Morgan fingerprint density at radius 3 is 2.74 bits per heavy atom. The molecule has 3 heterocycles. The fourth-order valence-electron chi connectivity index (χ4n) is 2.53. The van der Waals surface area contributed by atoms with E-state index in [1.54, 1.807) is 29.7 Å². The third-order valence-electron chi connectivity index (χ3n) is 3.86. The maximum Gasteiger partial charge on any atom is 0.238 e. The highest BCUT2D eigenvalue weighted by atomic mass is 32.1. The molecule has 0 aliphatic rings. The van der Waals surface area contributed by atoms with Crippen LogP contribution in [-0.2, 0) is 11.2 Å². The summed E-state index contributed by atoms with van der Waals surface area (Å²) in [5, 5.41) is 9.75. The van der Waals surface area contributed by atoms with Gasteiger partial charge in [-0.1, -0.05) is 17.3 Å². The Labute approximate surface area is 159 Å². The predicted octanol–water partition coefficient (Wildman–Crippen LogP) is 4.33. The average molecular weight is 380 g/mol. The van der Waals surface area contributed by atoms with Crippen molar-refractivity contribution >= 4 is 22.9 Å². The summed E-state index contributed by atoms with van der Waals surface area (Å²) in [4.78, 5) is 20.8.